The van der Waals surface area contributed by atoms with Crippen molar-refractivity contribution in [2.75, 3.05) is 0 Å². The van der Waals surface area contributed by atoms with Gasteiger partial charge < -0.3 is 0 Å². The third kappa shape index (κ3) is 2.14. The molecule has 92 valence electrons. The molecule has 0 saturated carbocycles. The lowest BCUT2D eigenvalue weighted by Crippen LogP contribution is -2.20. The monoisotopic (exact) mass is 267 g/mol. The lowest BCUT2D eigenvalue weighted by Gasteiger charge is -2.05. The SMILES string of the molecule is N#Cc1ccc(Cn2cnc3sccc3c2=O)cc1. The van der Waals surface area contributed by atoms with Crippen molar-refractivity contribution in [3.05, 3.63) is 63.5 Å². The molecule has 2 heterocycles. The van der Waals surface area contributed by atoms with Gasteiger partial charge >= 0.3 is 0 Å². The number of hydrogen-bond donors (Lipinski definition) is 0. The summed E-state index contributed by atoms with van der Waals surface area (Å²) in [5.74, 6) is 0. The summed E-state index contributed by atoms with van der Waals surface area (Å²) >= 11 is 1.46. The van der Waals surface area contributed by atoms with E-state index in [9.17, 15) is 4.79 Å². The molecule has 0 aliphatic carbocycles. The zero-order valence-electron chi connectivity index (χ0n) is 9.91. The Morgan fingerprint density at radius 1 is 1.26 bits per heavy atom. The maximum atomic E-state index is 12.2. The minimum Gasteiger partial charge on any atom is -0.294 e. The first kappa shape index (κ1) is 11.6. The van der Waals surface area contributed by atoms with Gasteiger partial charge in [0.15, 0.2) is 0 Å². The molecule has 0 fully saturated rings. The van der Waals surface area contributed by atoms with Crippen molar-refractivity contribution in [2.45, 2.75) is 6.54 Å². The first-order chi connectivity index (χ1) is 9.28. The van der Waals surface area contributed by atoms with Gasteiger partial charge in [-0.25, -0.2) is 4.98 Å². The van der Waals surface area contributed by atoms with Crippen LogP contribution in [0.3, 0.4) is 0 Å². The molecule has 1 aromatic carbocycles. The van der Waals surface area contributed by atoms with E-state index in [-0.39, 0.29) is 5.56 Å². The van der Waals surface area contributed by atoms with Gasteiger partial charge in [-0.1, -0.05) is 12.1 Å². The molecule has 2 aromatic heterocycles. The molecule has 0 spiro atoms. The molecule has 0 aliphatic rings. The fourth-order valence-electron chi connectivity index (χ4n) is 1.89. The van der Waals surface area contributed by atoms with Crippen LogP contribution in [0.1, 0.15) is 11.1 Å². The Kier molecular flexibility index (Phi) is 2.86. The maximum Gasteiger partial charge on any atom is 0.262 e. The van der Waals surface area contributed by atoms with E-state index in [4.69, 9.17) is 5.26 Å². The lowest BCUT2D eigenvalue weighted by molar-refractivity contribution is 0.749. The van der Waals surface area contributed by atoms with Gasteiger partial charge in [-0.2, -0.15) is 5.26 Å². The van der Waals surface area contributed by atoms with Crippen molar-refractivity contribution in [3.8, 4) is 6.07 Å². The van der Waals surface area contributed by atoms with Crippen LogP contribution in [0.25, 0.3) is 10.2 Å². The quantitative estimate of drug-likeness (QED) is 0.716. The second-order valence-corrected chi connectivity index (χ2v) is 5.02. The van der Waals surface area contributed by atoms with Crippen LogP contribution in [-0.4, -0.2) is 9.55 Å². The van der Waals surface area contributed by atoms with Crippen molar-refractivity contribution < 1.29 is 0 Å². The molecule has 0 bridgehead atoms. The van der Waals surface area contributed by atoms with Gasteiger partial charge in [0.25, 0.3) is 5.56 Å². The minimum atomic E-state index is -0.0318. The van der Waals surface area contributed by atoms with Crippen molar-refractivity contribution in [1.82, 2.24) is 9.55 Å². The summed E-state index contributed by atoms with van der Waals surface area (Å²) < 4.78 is 1.58. The molecule has 5 heteroatoms. The predicted octanol–water partition coefficient (Wildman–Crippen LogP) is 2.38. The van der Waals surface area contributed by atoms with Crippen LogP contribution in [0.2, 0.25) is 0 Å². The topological polar surface area (TPSA) is 58.7 Å². The number of fused-ring (bicyclic) bond motifs is 1. The maximum absolute atomic E-state index is 12.2. The summed E-state index contributed by atoms with van der Waals surface area (Å²) in [6, 6.07) is 11.1. The molecule has 4 nitrogen and oxygen atoms in total. The van der Waals surface area contributed by atoms with E-state index < -0.39 is 0 Å². The van der Waals surface area contributed by atoms with Crippen LogP contribution in [0.5, 0.6) is 0 Å². The van der Waals surface area contributed by atoms with Gasteiger partial charge in [-0.3, -0.25) is 9.36 Å². The number of rotatable bonds is 2. The van der Waals surface area contributed by atoms with Crippen LogP contribution in [0.4, 0.5) is 0 Å². The van der Waals surface area contributed by atoms with Gasteiger partial charge in [0, 0.05) is 0 Å². The number of aromatic nitrogens is 2. The fraction of sp³-hybridized carbons (Fsp3) is 0.0714. The van der Waals surface area contributed by atoms with E-state index in [2.05, 4.69) is 11.1 Å². The largest absolute Gasteiger partial charge is 0.294 e. The predicted molar refractivity (Wildman–Crippen MR) is 74.1 cm³/mol. The third-order valence-electron chi connectivity index (χ3n) is 2.89. The highest BCUT2D eigenvalue weighted by atomic mass is 32.1. The van der Waals surface area contributed by atoms with Crippen molar-refractivity contribution in [2.24, 2.45) is 0 Å². The average molecular weight is 267 g/mol. The summed E-state index contributed by atoms with van der Waals surface area (Å²) in [6.07, 6.45) is 1.57. The van der Waals surface area contributed by atoms with Crippen molar-refractivity contribution in [1.29, 1.82) is 5.26 Å². The van der Waals surface area contributed by atoms with Crippen LogP contribution in [0, 0.1) is 11.3 Å². The molecule has 3 aromatic rings. The number of hydrogen-bond acceptors (Lipinski definition) is 4. The van der Waals surface area contributed by atoms with Crippen LogP contribution < -0.4 is 5.56 Å². The molecule has 3 rings (SSSR count). The first-order valence-electron chi connectivity index (χ1n) is 5.69. The Bertz CT molecular complexity index is 824. The summed E-state index contributed by atoms with van der Waals surface area (Å²) in [7, 11) is 0. The summed E-state index contributed by atoms with van der Waals surface area (Å²) in [5.41, 5.74) is 1.55. The van der Waals surface area contributed by atoms with E-state index in [1.165, 1.54) is 11.3 Å². The van der Waals surface area contributed by atoms with Gasteiger partial charge in [-0.05, 0) is 29.1 Å². The Morgan fingerprint density at radius 3 is 2.79 bits per heavy atom. The molecular formula is C14H9N3OS. The van der Waals surface area contributed by atoms with E-state index in [0.717, 1.165) is 10.4 Å². The molecular weight excluding hydrogens is 258 g/mol. The van der Waals surface area contributed by atoms with Gasteiger partial charge in [0.1, 0.15) is 4.83 Å². The third-order valence-corrected chi connectivity index (χ3v) is 3.71. The van der Waals surface area contributed by atoms with Crippen molar-refractivity contribution in [3.63, 3.8) is 0 Å². The average Bonchev–Trinajstić information content (AvgIpc) is 2.92. The second-order valence-electron chi connectivity index (χ2n) is 4.13. The highest BCUT2D eigenvalue weighted by Gasteiger charge is 2.05. The number of nitrogens with zero attached hydrogens (tertiary/aromatic N) is 3. The smallest absolute Gasteiger partial charge is 0.262 e. The fourth-order valence-corrected chi connectivity index (χ4v) is 2.61. The molecule has 0 unspecified atom stereocenters. The lowest BCUT2D eigenvalue weighted by atomic mass is 10.1. The molecule has 0 atom stereocenters. The Morgan fingerprint density at radius 2 is 2.05 bits per heavy atom. The zero-order chi connectivity index (χ0) is 13.2. The Hall–Kier alpha value is -2.45. The number of nitriles is 1. The Balaban J connectivity index is 1.98. The molecule has 19 heavy (non-hydrogen) atoms. The van der Waals surface area contributed by atoms with E-state index >= 15 is 0 Å². The van der Waals surface area contributed by atoms with E-state index in [1.54, 1.807) is 29.1 Å². The van der Waals surface area contributed by atoms with Crippen LogP contribution in [-0.2, 0) is 6.54 Å². The van der Waals surface area contributed by atoms with Gasteiger partial charge in [0.05, 0.1) is 29.9 Å². The van der Waals surface area contributed by atoms with Crippen LogP contribution in [0.15, 0.2) is 46.8 Å². The molecule has 0 N–H and O–H groups in total. The van der Waals surface area contributed by atoms with E-state index in [1.807, 2.05) is 17.5 Å². The normalized spacial score (nSPS) is 10.5. The molecule has 0 saturated heterocycles. The zero-order valence-corrected chi connectivity index (χ0v) is 10.7. The highest BCUT2D eigenvalue weighted by Crippen LogP contribution is 2.13. The summed E-state index contributed by atoms with van der Waals surface area (Å²) in [6.45, 7) is 0.462. The standard InChI is InChI=1S/C14H9N3OS/c15-7-10-1-3-11(4-2-10)8-17-9-16-13-12(14(17)18)5-6-19-13/h1-6,9H,8H2. The van der Waals surface area contributed by atoms with Gasteiger partial charge in [-0.15, -0.1) is 11.3 Å². The second kappa shape index (κ2) is 4.67. The molecule has 0 amide bonds. The van der Waals surface area contributed by atoms with Gasteiger partial charge in [0.2, 0.25) is 0 Å². The summed E-state index contributed by atoms with van der Waals surface area (Å²) in [4.78, 5) is 17.2. The molecule has 0 radical (unpaired) electrons. The van der Waals surface area contributed by atoms with Crippen LogP contribution >= 0.6 is 11.3 Å². The first-order valence-corrected chi connectivity index (χ1v) is 6.57. The summed E-state index contributed by atoms with van der Waals surface area (Å²) in [5, 5.41) is 11.3. The van der Waals surface area contributed by atoms with E-state index in [0.29, 0.717) is 17.5 Å². The number of benzene rings is 1. The number of thiophene rings is 1. The molecule has 0 aliphatic heterocycles. The Labute approximate surface area is 113 Å². The van der Waals surface area contributed by atoms with Crippen molar-refractivity contribution >= 4 is 21.6 Å². The minimum absolute atomic E-state index is 0.0318. The highest BCUT2D eigenvalue weighted by molar-refractivity contribution is 7.16.